The summed E-state index contributed by atoms with van der Waals surface area (Å²) in [6, 6.07) is 0. The van der Waals surface area contributed by atoms with Crippen molar-refractivity contribution in [2.45, 2.75) is 20.8 Å². The molecule has 0 fully saturated rings. The molecule has 1 aromatic heterocycles. The fraction of sp³-hybridized carbons (Fsp3) is 0.667. The van der Waals surface area contributed by atoms with E-state index in [9.17, 15) is 4.79 Å². The van der Waals surface area contributed by atoms with Crippen molar-refractivity contribution >= 4 is 22.6 Å². The molecule has 0 saturated heterocycles. The zero-order valence-electron chi connectivity index (χ0n) is 9.28. The van der Waals surface area contributed by atoms with Crippen LogP contribution >= 0.6 is 11.5 Å². The number of nitrogens with one attached hydrogen (secondary N) is 1. The summed E-state index contributed by atoms with van der Waals surface area (Å²) in [6.45, 7) is 8.03. The summed E-state index contributed by atoms with van der Waals surface area (Å²) in [5, 5.41) is 3.30. The molecule has 0 bridgehead atoms. The predicted molar refractivity (Wildman–Crippen MR) is 61.1 cm³/mol. The van der Waals surface area contributed by atoms with Crippen LogP contribution in [0.4, 0.5) is 5.13 Å². The standard InChI is InChI=1S/C9H16N4OS/c1-4-13(5-2)6-8(14)11-9-10-7(3)12-15-9/h4-6H2,1-3H3,(H,10,11,12,14). The number of hydrogen-bond acceptors (Lipinski definition) is 5. The van der Waals surface area contributed by atoms with E-state index >= 15 is 0 Å². The van der Waals surface area contributed by atoms with Gasteiger partial charge in [0.2, 0.25) is 11.0 Å². The van der Waals surface area contributed by atoms with Gasteiger partial charge in [-0.1, -0.05) is 13.8 Å². The maximum atomic E-state index is 11.5. The molecule has 1 aromatic rings. The zero-order chi connectivity index (χ0) is 11.3. The Morgan fingerprint density at radius 1 is 1.47 bits per heavy atom. The topological polar surface area (TPSA) is 58.1 Å². The van der Waals surface area contributed by atoms with Crippen molar-refractivity contribution in [1.29, 1.82) is 0 Å². The third-order valence-electron chi connectivity index (χ3n) is 2.04. The molecule has 1 heterocycles. The first-order valence-electron chi connectivity index (χ1n) is 4.98. The highest BCUT2D eigenvalue weighted by Gasteiger charge is 2.09. The lowest BCUT2D eigenvalue weighted by molar-refractivity contribution is -0.117. The Morgan fingerprint density at radius 2 is 2.13 bits per heavy atom. The first-order valence-corrected chi connectivity index (χ1v) is 5.75. The van der Waals surface area contributed by atoms with Crippen LogP contribution in [0.25, 0.3) is 0 Å². The number of carbonyl (C=O) groups is 1. The molecule has 0 aliphatic rings. The summed E-state index contributed by atoms with van der Waals surface area (Å²) in [5.74, 6) is 0.660. The van der Waals surface area contributed by atoms with Crippen LogP contribution in [0.1, 0.15) is 19.7 Å². The van der Waals surface area contributed by atoms with Gasteiger partial charge < -0.3 is 0 Å². The molecule has 0 aliphatic heterocycles. The molecule has 0 aromatic carbocycles. The van der Waals surface area contributed by atoms with Crippen molar-refractivity contribution in [3.63, 3.8) is 0 Å². The van der Waals surface area contributed by atoms with Crippen molar-refractivity contribution in [1.82, 2.24) is 14.3 Å². The van der Waals surface area contributed by atoms with Crippen LogP contribution in [0.2, 0.25) is 0 Å². The highest BCUT2D eigenvalue weighted by Crippen LogP contribution is 2.09. The molecule has 15 heavy (non-hydrogen) atoms. The first-order chi connectivity index (χ1) is 7.15. The molecule has 0 atom stereocenters. The minimum atomic E-state index is -0.0325. The summed E-state index contributed by atoms with van der Waals surface area (Å²) >= 11 is 1.21. The molecule has 1 amide bonds. The summed E-state index contributed by atoms with van der Waals surface area (Å²) in [5.41, 5.74) is 0. The van der Waals surface area contributed by atoms with Crippen LogP contribution in [0.3, 0.4) is 0 Å². The molecule has 6 heteroatoms. The summed E-state index contributed by atoms with van der Waals surface area (Å²) in [4.78, 5) is 17.6. The zero-order valence-corrected chi connectivity index (χ0v) is 10.1. The number of carbonyl (C=O) groups excluding carboxylic acids is 1. The van der Waals surface area contributed by atoms with Gasteiger partial charge in [0, 0.05) is 11.5 Å². The fourth-order valence-corrected chi connectivity index (χ4v) is 1.75. The number of nitrogens with zero attached hydrogens (tertiary/aromatic N) is 3. The molecular weight excluding hydrogens is 212 g/mol. The van der Waals surface area contributed by atoms with Gasteiger partial charge >= 0.3 is 0 Å². The van der Waals surface area contributed by atoms with E-state index in [1.807, 2.05) is 18.7 Å². The SMILES string of the molecule is CCN(CC)CC(=O)Nc1nc(C)ns1. The quantitative estimate of drug-likeness (QED) is 0.820. The van der Waals surface area contributed by atoms with Crippen molar-refractivity contribution < 1.29 is 4.79 Å². The lowest BCUT2D eigenvalue weighted by Crippen LogP contribution is -2.32. The third kappa shape index (κ3) is 3.93. The van der Waals surface area contributed by atoms with E-state index in [4.69, 9.17) is 0 Å². The second kappa shape index (κ2) is 5.77. The second-order valence-corrected chi connectivity index (χ2v) is 3.91. The normalized spacial score (nSPS) is 10.7. The maximum Gasteiger partial charge on any atom is 0.240 e. The monoisotopic (exact) mass is 228 g/mol. The Balaban J connectivity index is 2.42. The number of aromatic nitrogens is 2. The van der Waals surface area contributed by atoms with Crippen LogP contribution in [-0.2, 0) is 4.79 Å². The van der Waals surface area contributed by atoms with E-state index in [1.54, 1.807) is 6.92 Å². The molecule has 0 radical (unpaired) electrons. The Morgan fingerprint density at radius 3 is 2.60 bits per heavy atom. The van der Waals surface area contributed by atoms with E-state index in [0.29, 0.717) is 17.5 Å². The van der Waals surface area contributed by atoms with Gasteiger partial charge in [0.15, 0.2) is 0 Å². The van der Waals surface area contributed by atoms with Crippen LogP contribution in [0.15, 0.2) is 0 Å². The predicted octanol–water partition coefficient (Wildman–Crippen LogP) is 1.13. The van der Waals surface area contributed by atoms with Gasteiger partial charge in [0.25, 0.3) is 0 Å². The smallest absolute Gasteiger partial charge is 0.240 e. The van der Waals surface area contributed by atoms with Crippen LogP contribution in [0, 0.1) is 6.92 Å². The van der Waals surface area contributed by atoms with Gasteiger partial charge in [0.05, 0.1) is 6.54 Å². The molecule has 84 valence electrons. The van der Waals surface area contributed by atoms with Crippen molar-refractivity contribution in [3.8, 4) is 0 Å². The van der Waals surface area contributed by atoms with E-state index in [0.717, 1.165) is 13.1 Å². The van der Waals surface area contributed by atoms with Gasteiger partial charge in [-0.2, -0.15) is 4.37 Å². The summed E-state index contributed by atoms with van der Waals surface area (Å²) in [6.07, 6.45) is 0. The van der Waals surface area contributed by atoms with E-state index in [-0.39, 0.29) is 5.91 Å². The molecule has 1 rings (SSSR count). The molecule has 0 saturated carbocycles. The van der Waals surface area contributed by atoms with Crippen molar-refractivity contribution in [2.24, 2.45) is 0 Å². The number of aryl methyl sites for hydroxylation is 1. The molecule has 5 nitrogen and oxygen atoms in total. The van der Waals surface area contributed by atoms with Crippen LogP contribution < -0.4 is 5.32 Å². The van der Waals surface area contributed by atoms with Gasteiger partial charge in [-0.05, 0) is 20.0 Å². The van der Waals surface area contributed by atoms with Crippen molar-refractivity contribution in [2.75, 3.05) is 25.0 Å². The number of amides is 1. The average molecular weight is 228 g/mol. The molecular formula is C9H16N4OS. The van der Waals surface area contributed by atoms with E-state index < -0.39 is 0 Å². The average Bonchev–Trinajstić information content (AvgIpc) is 2.60. The Bertz CT molecular complexity index is 322. The lowest BCUT2D eigenvalue weighted by atomic mass is 10.4. The molecule has 0 unspecified atom stereocenters. The number of hydrogen-bond donors (Lipinski definition) is 1. The molecule has 1 N–H and O–H groups in total. The van der Waals surface area contributed by atoms with Gasteiger partial charge in [-0.15, -0.1) is 0 Å². The molecule has 0 spiro atoms. The highest BCUT2D eigenvalue weighted by molar-refractivity contribution is 7.09. The first kappa shape index (κ1) is 12.1. The van der Waals surface area contributed by atoms with Crippen LogP contribution in [-0.4, -0.2) is 39.8 Å². The minimum Gasteiger partial charge on any atom is -0.300 e. The minimum absolute atomic E-state index is 0.0325. The number of rotatable bonds is 5. The molecule has 0 aliphatic carbocycles. The summed E-state index contributed by atoms with van der Waals surface area (Å²) < 4.78 is 3.99. The Hall–Kier alpha value is -1.01. The second-order valence-electron chi connectivity index (χ2n) is 3.16. The number of likely N-dealkylation sites (N-methyl/N-ethyl adjacent to an activating group) is 1. The van der Waals surface area contributed by atoms with Gasteiger partial charge in [0.1, 0.15) is 5.82 Å². The Kier molecular flexibility index (Phi) is 4.64. The largest absolute Gasteiger partial charge is 0.300 e. The lowest BCUT2D eigenvalue weighted by Gasteiger charge is -2.16. The van der Waals surface area contributed by atoms with Gasteiger partial charge in [-0.25, -0.2) is 4.98 Å². The Labute approximate surface area is 93.7 Å². The van der Waals surface area contributed by atoms with Gasteiger partial charge in [-0.3, -0.25) is 15.0 Å². The van der Waals surface area contributed by atoms with E-state index in [1.165, 1.54) is 11.5 Å². The third-order valence-corrected chi connectivity index (χ3v) is 2.76. The fourth-order valence-electron chi connectivity index (χ4n) is 1.16. The maximum absolute atomic E-state index is 11.5. The van der Waals surface area contributed by atoms with Crippen molar-refractivity contribution in [3.05, 3.63) is 5.82 Å². The number of anilines is 1. The highest BCUT2D eigenvalue weighted by atomic mass is 32.1. The van der Waals surface area contributed by atoms with Crippen LogP contribution in [0.5, 0.6) is 0 Å². The van der Waals surface area contributed by atoms with E-state index in [2.05, 4.69) is 14.7 Å². The summed E-state index contributed by atoms with van der Waals surface area (Å²) in [7, 11) is 0.